The summed E-state index contributed by atoms with van der Waals surface area (Å²) in [6.07, 6.45) is 6.53. The van der Waals surface area contributed by atoms with Gasteiger partial charge in [-0.05, 0) is 31.0 Å². The van der Waals surface area contributed by atoms with Gasteiger partial charge in [-0.2, -0.15) is 0 Å². The second-order valence-corrected chi connectivity index (χ2v) is 3.80. The molecule has 2 aliphatic rings. The van der Waals surface area contributed by atoms with Gasteiger partial charge in [-0.3, -0.25) is 5.32 Å². The molecule has 0 aromatic rings. The second kappa shape index (κ2) is 4.79. The van der Waals surface area contributed by atoms with Gasteiger partial charge >= 0.3 is 0 Å². The summed E-state index contributed by atoms with van der Waals surface area (Å²) in [5.41, 5.74) is 2.39. The highest BCUT2D eigenvalue weighted by atomic mass is 16.7. The average Bonchev–Trinajstić information content (AvgIpc) is 2.30. The van der Waals surface area contributed by atoms with Crippen LogP contribution in [0.25, 0.3) is 0 Å². The van der Waals surface area contributed by atoms with E-state index < -0.39 is 0 Å². The van der Waals surface area contributed by atoms with Crippen molar-refractivity contribution in [1.29, 1.82) is 0 Å². The smallest absolute Gasteiger partial charge is 0.198 e. The Balaban J connectivity index is 2.09. The monoisotopic (exact) mass is 210 g/mol. The molecular formula is C11H18N2O2. The van der Waals surface area contributed by atoms with E-state index in [9.17, 15) is 0 Å². The van der Waals surface area contributed by atoms with E-state index in [1.54, 1.807) is 14.2 Å². The number of hydrogen-bond donors (Lipinski definition) is 2. The van der Waals surface area contributed by atoms with Crippen LogP contribution in [0.3, 0.4) is 0 Å². The molecule has 4 nitrogen and oxygen atoms in total. The van der Waals surface area contributed by atoms with Crippen LogP contribution < -0.4 is 10.6 Å². The molecule has 0 saturated carbocycles. The second-order valence-electron chi connectivity index (χ2n) is 3.80. The Morgan fingerprint density at radius 1 is 1.33 bits per heavy atom. The first kappa shape index (κ1) is 10.7. The minimum Gasteiger partial charge on any atom is -0.365 e. The number of dihydropyridines is 1. The number of fused-ring (bicyclic) bond motifs is 1. The first-order valence-corrected chi connectivity index (χ1v) is 5.31. The minimum atomic E-state index is -0.300. The van der Waals surface area contributed by atoms with Crippen LogP contribution in [-0.2, 0) is 9.47 Å². The maximum atomic E-state index is 5.21. The molecule has 2 aliphatic heterocycles. The molecule has 0 spiro atoms. The normalized spacial score (nSPS) is 25.4. The summed E-state index contributed by atoms with van der Waals surface area (Å²) in [6, 6.07) is 0. The van der Waals surface area contributed by atoms with Crippen molar-refractivity contribution in [2.45, 2.75) is 25.3 Å². The lowest BCUT2D eigenvalue weighted by Crippen LogP contribution is -2.49. The molecule has 0 bridgehead atoms. The van der Waals surface area contributed by atoms with Gasteiger partial charge in [0.15, 0.2) is 6.29 Å². The molecule has 1 unspecified atom stereocenters. The summed E-state index contributed by atoms with van der Waals surface area (Å²) >= 11 is 0. The van der Waals surface area contributed by atoms with E-state index in [2.05, 4.69) is 16.7 Å². The summed E-state index contributed by atoms with van der Waals surface area (Å²) in [4.78, 5) is 0. The van der Waals surface area contributed by atoms with Crippen molar-refractivity contribution in [3.63, 3.8) is 0 Å². The molecule has 0 amide bonds. The van der Waals surface area contributed by atoms with E-state index in [1.807, 2.05) is 6.08 Å². The third kappa shape index (κ3) is 2.22. The van der Waals surface area contributed by atoms with Crippen LogP contribution in [0.2, 0.25) is 0 Å². The minimum absolute atomic E-state index is 0.256. The predicted octanol–water partition coefficient (Wildman–Crippen LogP) is 0.728. The van der Waals surface area contributed by atoms with E-state index in [1.165, 1.54) is 18.4 Å². The summed E-state index contributed by atoms with van der Waals surface area (Å²) < 4.78 is 10.4. The highest BCUT2D eigenvalue weighted by Gasteiger charge is 2.24. The molecular weight excluding hydrogens is 192 g/mol. The predicted molar refractivity (Wildman–Crippen MR) is 58.1 cm³/mol. The van der Waals surface area contributed by atoms with Crippen LogP contribution in [0, 0.1) is 0 Å². The quantitative estimate of drug-likeness (QED) is 0.674. The zero-order valence-electron chi connectivity index (χ0n) is 9.25. The van der Waals surface area contributed by atoms with E-state index in [0.29, 0.717) is 0 Å². The van der Waals surface area contributed by atoms with Crippen molar-refractivity contribution in [3.8, 4) is 0 Å². The van der Waals surface area contributed by atoms with Crippen molar-refractivity contribution >= 4 is 0 Å². The van der Waals surface area contributed by atoms with Crippen molar-refractivity contribution < 1.29 is 9.47 Å². The van der Waals surface area contributed by atoms with Crippen molar-refractivity contribution in [3.05, 3.63) is 23.4 Å². The highest BCUT2D eigenvalue weighted by Crippen LogP contribution is 2.20. The number of ether oxygens (including phenoxy) is 2. The lowest BCUT2D eigenvalue weighted by molar-refractivity contribution is -0.0797. The number of hydrogen-bond acceptors (Lipinski definition) is 4. The van der Waals surface area contributed by atoms with Crippen molar-refractivity contribution in [1.82, 2.24) is 10.6 Å². The van der Waals surface area contributed by atoms with E-state index in [0.717, 1.165) is 12.2 Å². The Hall–Kier alpha value is -0.840. The van der Waals surface area contributed by atoms with E-state index in [-0.39, 0.29) is 12.5 Å². The largest absolute Gasteiger partial charge is 0.365 e. The summed E-state index contributed by atoms with van der Waals surface area (Å²) in [6.45, 7) is 1.06. The Bertz CT molecular complexity index is 282. The molecule has 0 radical (unpaired) electrons. The van der Waals surface area contributed by atoms with Gasteiger partial charge in [0.2, 0.25) is 0 Å². The SMILES string of the molecule is COC(OC)C1=CC=C2CCCNC2N1. The fraction of sp³-hybridized carbons (Fsp3) is 0.636. The molecule has 1 atom stereocenters. The van der Waals surface area contributed by atoms with Gasteiger partial charge in [0.25, 0.3) is 0 Å². The van der Waals surface area contributed by atoms with Crippen LogP contribution in [0.5, 0.6) is 0 Å². The van der Waals surface area contributed by atoms with Gasteiger partial charge in [-0.25, -0.2) is 0 Å². The molecule has 1 saturated heterocycles. The number of methoxy groups -OCH3 is 2. The number of allylic oxidation sites excluding steroid dienone is 2. The fourth-order valence-electron chi connectivity index (χ4n) is 2.05. The zero-order valence-corrected chi connectivity index (χ0v) is 9.25. The zero-order chi connectivity index (χ0) is 10.7. The molecule has 0 aromatic carbocycles. The lowest BCUT2D eigenvalue weighted by atomic mass is 9.99. The van der Waals surface area contributed by atoms with E-state index in [4.69, 9.17) is 9.47 Å². The number of piperidine rings is 1. The van der Waals surface area contributed by atoms with Gasteiger partial charge in [0.05, 0.1) is 11.9 Å². The van der Waals surface area contributed by atoms with Gasteiger partial charge in [0, 0.05) is 14.2 Å². The van der Waals surface area contributed by atoms with Crippen LogP contribution >= 0.6 is 0 Å². The lowest BCUT2D eigenvalue weighted by Gasteiger charge is -2.33. The molecule has 1 fully saturated rings. The Morgan fingerprint density at radius 2 is 2.13 bits per heavy atom. The standard InChI is InChI=1S/C11H18N2O2/c1-14-11(15-2)9-6-5-8-4-3-7-12-10(8)13-9/h5-6,10-13H,3-4,7H2,1-2H3. The summed E-state index contributed by atoms with van der Waals surface area (Å²) in [7, 11) is 3.29. The van der Waals surface area contributed by atoms with Gasteiger partial charge < -0.3 is 14.8 Å². The molecule has 4 heteroatoms. The van der Waals surface area contributed by atoms with Crippen molar-refractivity contribution in [2.24, 2.45) is 0 Å². The molecule has 0 aliphatic carbocycles. The molecule has 0 aromatic heterocycles. The Kier molecular flexibility index (Phi) is 3.41. The highest BCUT2D eigenvalue weighted by molar-refractivity contribution is 5.29. The number of nitrogens with one attached hydrogen (secondary N) is 2. The molecule has 2 heterocycles. The molecule has 2 N–H and O–H groups in total. The molecule has 2 rings (SSSR count). The first-order chi connectivity index (χ1) is 7.35. The van der Waals surface area contributed by atoms with Crippen molar-refractivity contribution in [2.75, 3.05) is 20.8 Å². The average molecular weight is 210 g/mol. The van der Waals surface area contributed by atoms with Crippen LogP contribution in [-0.4, -0.2) is 33.2 Å². The summed E-state index contributed by atoms with van der Waals surface area (Å²) in [5.74, 6) is 0. The number of rotatable bonds is 3. The fourth-order valence-corrected chi connectivity index (χ4v) is 2.05. The summed E-state index contributed by atoms with van der Waals surface area (Å²) in [5, 5.41) is 6.81. The van der Waals surface area contributed by atoms with Crippen LogP contribution in [0.4, 0.5) is 0 Å². The third-order valence-corrected chi connectivity index (χ3v) is 2.83. The first-order valence-electron chi connectivity index (χ1n) is 5.31. The Morgan fingerprint density at radius 3 is 2.87 bits per heavy atom. The molecule has 15 heavy (non-hydrogen) atoms. The van der Waals surface area contributed by atoms with Crippen LogP contribution in [0.1, 0.15) is 12.8 Å². The third-order valence-electron chi connectivity index (χ3n) is 2.83. The van der Waals surface area contributed by atoms with Gasteiger partial charge in [0.1, 0.15) is 0 Å². The topological polar surface area (TPSA) is 42.5 Å². The van der Waals surface area contributed by atoms with Crippen LogP contribution in [0.15, 0.2) is 23.4 Å². The van der Waals surface area contributed by atoms with E-state index >= 15 is 0 Å². The molecule has 84 valence electrons. The van der Waals surface area contributed by atoms with Gasteiger partial charge in [-0.1, -0.05) is 6.08 Å². The maximum absolute atomic E-state index is 5.21. The van der Waals surface area contributed by atoms with Gasteiger partial charge in [-0.15, -0.1) is 0 Å². The maximum Gasteiger partial charge on any atom is 0.198 e. The Labute approximate surface area is 90.3 Å².